The summed E-state index contributed by atoms with van der Waals surface area (Å²) in [6, 6.07) is 3.67. The standard InChI is InChI=1S/C17H20BrN3O3S2/c1-4-8-25-17-21-20-16(26-17)19-14(22)7-6-11-9-12(18)15(24-5-2)13(10-11)23-3/h6-7,9-10H,4-5,8H2,1-3H3,(H,19,20,22)/b7-6+. The molecular weight excluding hydrogens is 438 g/mol. The molecule has 0 atom stereocenters. The zero-order valence-corrected chi connectivity index (χ0v) is 18.0. The molecule has 1 aromatic heterocycles. The summed E-state index contributed by atoms with van der Waals surface area (Å²) < 4.78 is 12.5. The lowest BCUT2D eigenvalue weighted by molar-refractivity contribution is -0.111. The van der Waals surface area contributed by atoms with Crippen molar-refractivity contribution in [1.29, 1.82) is 0 Å². The molecule has 0 saturated heterocycles. The maximum Gasteiger partial charge on any atom is 0.250 e. The van der Waals surface area contributed by atoms with Gasteiger partial charge >= 0.3 is 0 Å². The fourth-order valence-electron chi connectivity index (χ4n) is 1.95. The number of halogens is 1. The molecule has 1 heterocycles. The van der Waals surface area contributed by atoms with E-state index < -0.39 is 0 Å². The van der Waals surface area contributed by atoms with Gasteiger partial charge in [0.05, 0.1) is 18.2 Å². The molecule has 0 aliphatic heterocycles. The first-order valence-electron chi connectivity index (χ1n) is 8.03. The summed E-state index contributed by atoms with van der Waals surface area (Å²) >= 11 is 6.47. The van der Waals surface area contributed by atoms with E-state index in [2.05, 4.69) is 38.4 Å². The smallest absolute Gasteiger partial charge is 0.250 e. The number of aromatic nitrogens is 2. The number of methoxy groups -OCH3 is 1. The van der Waals surface area contributed by atoms with Gasteiger partial charge in [-0.15, -0.1) is 10.2 Å². The van der Waals surface area contributed by atoms with E-state index in [0.29, 0.717) is 23.2 Å². The van der Waals surface area contributed by atoms with Crippen LogP contribution >= 0.6 is 39.0 Å². The molecule has 0 aliphatic carbocycles. The Morgan fingerprint density at radius 2 is 2.19 bits per heavy atom. The van der Waals surface area contributed by atoms with Gasteiger partial charge in [0.2, 0.25) is 11.0 Å². The number of hydrogen-bond donors (Lipinski definition) is 1. The number of nitrogens with one attached hydrogen (secondary N) is 1. The molecule has 9 heteroatoms. The highest BCUT2D eigenvalue weighted by Crippen LogP contribution is 2.37. The summed E-state index contributed by atoms with van der Waals surface area (Å²) in [6.07, 6.45) is 4.21. The highest BCUT2D eigenvalue weighted by atomic mass is 79.9. The van der Waals surface area contributed by atoms with Gasteiger partial charge in [-0.25, -0.2) is 0 Å². The van der Waals surface area contributed by atoms with Crippen LogP contribution in [0, 0.1) is 0 Å². The average Bonchev–Trinajstić information content (AvgIpc) is 3.07. The second kappa shape index (κ2) is 10.5. The van der Waals surface area contributed by atoms with Crippen molar-refractivity contribution in [3.8, 4) is 11.5 Å². The van der Waals surface area contributed by atoms with E-state index in [1.807, 2.05) is 19.1 Å². The van der Waals surface area contributed by atoms with E-state index in [4.69, 9.17) is 9.47 Å². The number of hydrogen-bond acceptors (Lipinski definition) is 7. The Hall–Kier alpha value is -1.58. The number of carbonyl (C=O) groups is 1. The molecule has 6 nitrogen and oxygen atoms in total. The molecule has 0 spiro atoms. The van der Waals surface area contributed by atoms with Crippen molar-refractivity contribution in [3.63, 3.8) is 0 Å². The molecular formula is C17H20BrN3O3S2. The summed E-state index contributed by atoms with van der Waals surface area (Å²) in [5.74, 6) is 1.96. The highest BCUT2D eigenvalue weighted by molar-refractivity contribution is 9.10. The summed E-state index contributed by atoms with van der Waals surface area (Å²) in [5, 5.41) is 11.2. The van der Waals surface area contributed by atoms with Gasteiger partial charge in [-0.3, -0.25) is 10.1 Å². The fourth-order valence-corrected chi connectivity index (χ4v) is 4.20. The first-order chi connectivity index (χ1) is 12.6. The number of ether oxygens (including phenoxy) is 2. The third-order valence-corrected chi connectivity index (χ3v) is 5.80. The highest BCUT2D eigenvalue weighted by Gasteiger charge is 2.11. The first kappa shape index (κ1) is 20.7. The fraction of sp³-hybridized carbons (Fsp3) is 0.353. The molecule has 140 valence electrons. The summed E-state index contributed by atoms with van der Waals surface area (Å²) in [6.45, 7) is 4.55. The number of nitrogens with zero attached hydrogens (tertiary/aromatic N) is 2. The van der Waals surface area contributed by atoms with E-state index in [-0.39, 0.29) is 5.91 Å². The summed E-state index contributed by atoms with van der Waals surface area (Å²) in [5.41, 5.74) is 0.809. The third-order valence-electron chi connectivity index (χ3n) is 3.03. The van der Waals surface area contributed by atoms with Gasteiger partial charge in [0.15, 0.2) is 15.8 Å². The average molecular weight is 458 g/mol. The zero-order chi connectivity index (χ0) is 18.9. The molecule has 1 amide bonds. The Kier molecular flexibility index (Phi) is 8.40. The van der Waals surface area contributed by atoms with Crippen molar-refractivity contribution in [1.82, 2.24) is 10.2 Å². The van der Waals surface area contributed by atoms with Crippen molar-refractivity contribution in [3.05, 3.63) is 28.2 Å². The zero-order valence-electron chi connectivity index (χ0n) is 14.7. The van der Waals surface area contributed by atoms with Gasteiger partial charge in [-0.2, -0.15) is 0 Å². The van der Waals surface area contributed by atoms with Gasteiger partial charge in [-0.1, -0.05) is 30.0 Å². The van der Waals surface area contributed by atoms with Crippen LogP contribution < -0.4 is 14.8 Å². The molecule has 2 rings (SSSR count). The van der Waals surface area contributed by atoms with Crippen LogP contribution in [0.25, 0.3) is 6.08 Å². The van der Waals surface area contributed by atoms with Gasteiger partial charge in [0.1, 0.15) is 0 Å². The van der Waals surface area contributed by atoms with Crippen LogP contribution in [-0.2, 0) is 4.79 Å². The number of rotatable bonds is 9. The van der Waals surface area contributed by atoms with Gasteiger partial charge in [-0.05, 0) is 53.0 Å². The van der Waals surface area contributed by atoms with Crippen LogP contribution in [-0.4, -0.2) is 35.6 Å². The molecule has 0 aliphatic rings. The van der Waals surface area contributed by atoms with E-state index in [1.165, 1.54) is 17.4 Å². The molecule has 0 fully saturated rings. The molecule has 1 aromatic carbocycles. The van der Waals surface area contributed by atoms with Crippen LogP contribution in [0.3, 0.4) is 0 Å². The van der Waals surface area contributed by atoms with Gasteiger partial charge in [0, 0.05) is 11.8 Å². The second-order valence-electron chi connectivity index (χ2n) is 5.01. The van der Waals surface area contributed by atoms with Crippen LogP contribution in [0.15, 0.2) is 27.0 Å². The van der Waals surface area contributed by atoms with E-state index in [9.17, 15) is 4.79 Å². The molecule has 0 unspecified atom stereocenters. The maximum absolute atomic E-state index is 12.1. The predicted octanol–water partition coefficient (Wildman–Crippen LogP) is 4.86. The molecule has 0 radical (unpaired) electrons. The minimum absolute atomic E-state index is 0.267. The Bertz CT molecular complexity index is 781. The maximum atomic E-state index is 12.1. The van der Waals surface area contributed by atoms with Crippen LogP contribution in [0.5, 0.6) is 11.5 Å². The van der Waals surface area contributed by atoms with E-state index in [1.54, 1.807) is 24.9 Å². The lowest BCUT2D eigenvalue weighted by atomic mass is 10.2. The number of thioether (sulfide) groups is 1. The summed E-state index contributed by atoms with van der Waals surface area (Å²) in [4.78, 5) is 12.1. The molecule has 0 saturated carbocycles. The van der Waals surface area contributed by atoms with Crippen molar-refractivity contribution >= 4 is 56.1 Å². The van der Waals surface area contributed by atoms with Crippen LogP contribution in [0.1, 0.15) is 25.8 Å². The van der Waals surface area contributed by atoms with Crippen molar-refractivity contribution < 1.29 is 14.3 Å². The minimum atomic E-state index is -0.267. The number of amides is 1. The van der Waals surface area contributed by atoms with Crippen LogP contribution in [0.4, 0.5) is 5.13 Å². The monoisotopic (exact) mass is 457 g/mol. The number of carbonyl (C=O) groups excluding carboxylic acids is 1. The number of benzene rings is 1. The molecule has 26 heavy (non-hydrogen) atoms. The van der Waals surface area contributed by atoms with E-state index in [0.717, 1.165) is 26.5 Å². The summed E-state index contributed by atoms with van der Waals surface area (Å²) in [7, 11) is 1.58. The Morgan fingerprint density at radius 1 is 1.38 bits per heavy atom. The normalized spacial score (nSPS) is 10.9. The minimum Gasteiger partial charge on any atom is -0.493 e. The Balaban J connectivity index is 2.03. The largest absolute Gasteiger partial charge is 0.493 e. The topological polar surface area (TPSA) is 73.3 Å². The van der Waals surface area contributed by atoms with E-state index >= 15 is 0 Å². The second-order valence-corrected chi connectivity index (χ2v) is 8.19. The van der Waals surface area contributed by atoms with Crippen molar-refractivity contribution in [2.24, 2.45) is 0 Å². The lowest BCUT2D eigenvalue weighted by Crippen LogP contribution is -2.07. The Labute approximate surface area is 169 Å². The molecule has 1 N–H and O–H groups in total. The van der Waals surface area contributed by atoms with Crippen LogP contribution in [0.2, 0.25) is 0 Å². The number of anilines is 1. The van der Waals surface area contributed by atoms with Gasteiger partial charge < -0.3 is 9.47 Å². The molecule has 0 bridgehead atoms. The first-order valence-corrected chi connectivity index (χ1v) is 10.6. The molecule has 2 aromatic rings. The Morgan fingerprint density at radius 3 is 2.88 bits per heavy atom. The SMILES string of the molecule is CCCSc1nnc(NC(=O)/C=C/c2cc(Br)c(OCC)c(OC)c2)s1. The lowest BCUT2D eigenvalue weighted by Gasteiger charge is -2.12. The van der Waals surface area contributed by atoms with Crippen molar-refractivity contribution in [2.75, 3.05) is 24.8 Å². The predicted molar refractivity (Wildman–Crippen MR) is 110 cm³/mol. The third kappa shape index (κ3) is 6.00. The quantitative estimate of drug-likeness (QED) is 0.329. The van der Waals surface area contributed by atoms with Gasteiger partial charge in [0.25, 0.3) is 0 Å². The van der Waals surface area contributed by atoms with Crippen molar-refractivity contribution in [2.45, 2.75) is 24.6 Å².